The molecule has 0 radical (unpaired) electrons. The summed E-state index contributed by atoms with van der Waals surface area (Å²) in [6.45, 7) is 4.99. The first-order chi connectivity index (χ1) is 12.2. The van der Waals surface area contributed by atoms with Crippen LogP contribution < -0.4 is 20.1 Å². The number of guanidine groups is 1. The first kappa shape index (κ1) is 18.6. The molecule has 2 N–H and O–H groups in total. The van der Waals surface area contributed by atoms with Gasteiger partial charge in [0.2, 0.25) is 0 Å². The van der Waals surface area contributed by atoms with Gasteiger partial charge in [0.1, 0.15) is 18.1 Å². The Labute approximate surface area is 149 Å². The van der Waals surface area contributed by atoms with E-state index < -0.39 is 0 Å². The summed E-state index contributed by atoms with van der Waals surface area (Å²) in [6.07, 6.45) is 4.89. The number of methoxy groups -OCH3 is 1. The Hall–Kier alpha value is -2.70. The van der Waals surface area contributed by atoms with Crippen LogP contribution in [0.2, 0.25) is 0 Å². The number of nitrogens with zero attached hydrogens (tertiary/aromatic N) is 3. The summed E-state index contributed by atoms with van der Waals surface area (Å²) in [5.41, 5.74) is 1.18. The Morgan fingerprint density at radius 2 is 1.88 bits per heavy atom. The number of hydrogen-bond acceptors (Lipinski definition) is 4. The molecule has 2 aromatic rings. The van der Waals surface area contributed by atoms with Gasteiger partial charge >= 0.3 is 0 Å². The largest absolute Gasteiger partial charge is 0.497 e. The SMILES string of the molecule is CN=C(NCCCn1cc(C)cn1)NCCOc1ccc(OC)cc1. The summed E-state index contributed by atoms with van der Waals surface area (Å²) < 4.78 is 12.7. The van der Waals surface area contributed by atoms with Crippen LogP contribution in [-0.4, -0.2) is 49.6 Å². The zero-order valence-corrected chi connectivity index (χ0v) is 15.2. The normalized spacial score (nSPS) is 11.2. The van der Waals surface area contributed by atoms with Crippen LogP contribution >= 0.6 is 0 Å². The van der Waals surface area contributed by atoms with Crippen molar-refractivity contribution in [1.29, 1.82) is 0 Å². The second-order valence-electron chi connectivity index (χ2n) is 5.58. The third-order valence-corrected chi connectivity index (χ3v) is 3.57. The quantitative estimate of drug-likeness (QED) is 0.412. The van der Waals surface area contributed by atoms with Crippen molar-refractivity contribution in [1.82, 2.24) is 20.4 Å². The van der Waals surface area contributed by atoms with E-state index in [2.05, 4.69) is 20.7 Å². The van der Waals surface area contributed by atoms with Crippen LogP contribution in [0, 0.1) is 6.92 Å². The molecule has 0 saturated carbocycles. The molecule has 0 amide bonds. The van der Waals surface area contributed by atoms with Crippen LogP contribution in [0.15, 0.2) is 41.7 Å². The Kier molecular flexibility index (Phi) is 7.62. The van der Waals surface area contributed by atoms with Gasteiger partial charge in [-0.05, 0) is 43.2 Å². The Balaban J connectivity index is 1.58. The lowest BCUT2D eigenvalue weighted by atomic mass is 10.3. The molecule has 0 atom stereocenters. The second kappa shape index (κ2) is 10.2. The Morgan fingerprint density at radius 1 is 1.16 bits per heavy atom. The van der Waals surface area contributed by atoms with E-state index in [0.29, 0.717) is 13.2 Å². The molecule has 2 rings (SSSR count). The third kappa shape index (κ3) is 6.74. The molecule has 7 nitrogen and oxygen atoms in total. The molecule has 25 heavy (non-hydrogen) atoms. The molecule has 0 saturated heterocycles. The Morgan fingerprint density at radius 3 is 2.52 bits per heavy atom. The molecule has 1 aromatic heterocycles. The number of aryl methyl sites for hydroxylation is 2. The van der Waals surface area contributed by atoms with Crippen LogP contribution in [0.1, 0.15) is 12.0 Å². The topological polar surface area (TPSA) is 72.7 Å². The summed E-state index contributed by atoms with van der Waals surface area (Å²) >= 11 is 0. The van der Waals surface area contributed by atoms with E-state index in [1.54, 1.807) is 14.2 Å². The molecule has 0 aliphatic rings. The molecule has 0 bridgehead atoms. The van der Waals surface area contributed by atoms with Crippen molar-refractivity contribution in [3.63, 3.8) is 0 Å². The highest BCUT2D eigenvalue weighted by Crippen LogP contribution is 2.16. The fraction of sp³-hybridized carbons (Fsp3) is 0.444. The van der Waals surface area contributed by atoms with Crippen LogP contribution in [0.3, 0.4) is 0 Å². The average Bonchev–Trinajstić information content (AvgIpc) is 3.06. The van der Waals surface area contributed by atoms with Gasteiger partial charge in [-0.1, -0.05) is 0 Å². The van der Waals surface area contributed by atoms with Crippen molar-refractivity contribution in [3.05, 3.63) is 42.2 Å². The molecule has 1 heterocycles. The van der Waals surface area contributed by atoms with E-state index in [1.165, 1.54) is 5.56 Å². The highest BCUT2D eigenvalue weighted by atomic mass is 16.5. The average molecular weight is 345 g/mol. The van der Waals surface area contributed by atoms with Gasteiger partial charge in [0.25, 0.3) is 0 Å². The van der Waals surface area contributed by atoms with Gasteiger partial charge in [0.05, 0.1) is 19.9 Å². The van der Waals surface area contributed by atoms with Gasteiger partial charge < -0.3 is 20.1 Å². The summed E-state index contributed by atoms with van der Waals surface area (Å²) in [4.78, 5) is 4.20. The van der Waals surface area contributed by atoms with E-state index in [4.69, 9.17) is 9.47 Å². The summed E-state index contributed by atoms with van der Waals surface area (Å²) in [6, 6.07) is 7.54. The minimum atomic E-state index is 0.555. The lowest BCUT2D eigenvalue weighted by Crippen LogP contribution is -2.39. The van der Waals surface area contributed by atoms with Gasteiger partial charge in [-0.3, -0.25) is 9.67 Å². The molecule has 7 heteroatoms. The number of ether oxygens (including phenoxy) is 2. The number of aromatic nitrogens is 2. The zero-order valence-electron chi connectivity index (χ0n) is 15.2. The van der Waals surface area contributed by atoms with Crippen molar-refractivity contribution >= 4 is 5.96 Å². The number of hydrogen-bond donors (Lipinski definition) is 2. The van der Waals surface area contributed by atoms with Gasteiger partial charge in [-0.15, -0.1) is 0 Å². The fourth-order valence-corrected chi connectivity index (χ4v) is 2.27. The first-order valence-corrected chi connectivity index (χ1v) is 8.41. The molecule has 0 unspecified atom stereocenters. The number of aliphatic imine (C=N–C) groups is 1. The second-order valence-corrected chi connectivity index (χ2v) is 5.58. The van der Waals surface area contributed by atoms with E-state index in [-0.39, 0.29) is 0 Å². The standard InChI is InChI=1S/C18H27N5O2/c1-15-13-22-23(14-15)11-4-9-20-18(19-2)21-10-12-25-17-7-5-16(24-3)6-8-17/h5-8,13-14H,4,9-12H2,1-3H3,(H2,19,20,21). The summed E-state index contributed by atoms with van der Waals surface area (Å²) in [5.74, 6) is 2.41. The minimum Gasteiger partial charge on any atom is -0.497 e. The van der Waals surface area contributed by atoms with E-state index in [9.17, 15) is 0 Å². The van der Waals surface area contributed by atoms with Crippen LogP contribution in [-0.2, 0) is 6.54 Å². The van der Waals surface area contributed by atoms with Gasteiger partial charge in [-0.2, -0.15) is 5.10 Å². The predicted octanol–water partition coefficient (Wildman–Crippen LogP) is 1.83. The highest BCUT2D eigenvalue weighted by Gasteiger charge is 1.99. The lowest BCUT2D eigenvalue weighted by Gasteiger charge is -2.12. The predicted molar refractivity (Wildman–Crippen MR) is 99.4 cm³/mol. The van der Waals surface area contributed by atoms with Crippen molar-refractivity contribution in [2.24, 2.45) is 4.99 Å². The lowest BCUT2D eigenvalue weighted by molar-refractivity contribution is 0.321. The third-order valence-electron chi connectivity index (χ3n) is 3.57. The minimum absolute atomic E-state index is 0.555. The van der Waals surface area contributed by atoms with E-state index >= 15 is 0 Å². The monoisotopic (exact) mass is 345 g/mol. The fourth-order valence-electron chi connectivity index (χ4n) is 2.27. The molecule has 0 fully saturated rings. The van der Waals surface area contributed by atoms with E-state index in [1.807, 2.05) is 48.3 Å². The number of rotatable bonds is 9. The van der Waals surface area contributed by atoms with Crippen molar-refractivity contribution in [3.8, 4) is 11.5 Å². The Bertz CT molecular complexity index is 652. The van der Waals surface area contributed by atoms with Gasteiger partial charge in [0.15, 0.2) is 5.96 Å². The van der Waals surface area contributed by atoms with E-state index in [0.717, 1.165) is 37.0 Å². The molecular weight excluding hydrogens is 318 g/mol. The zero-order chi connectivity index (χ0) is 17.9. The molecule has 0 spiro atoms. The maximum atomic E-state index is 5.67. The van der Waals surface area contributed by atoms with Crippen molar-refractivity contribution < 1.29 is 9.47 Å². The van der Waals surface area contributed by atoms with Gasteiger partial charge in [-0.25, -0.2) is 0 Å². The number of benzene rings is 1. The number of nitrogens with one attached hydrogen (secondary N) is 2. The smallest absolute Gasteiger partial charge is 0.191 e. The molecule has 0 aliphatic heterocycles. The molecule has 0 aliphatic carbocycles. The highest BCUT2D eigenvalue weighted by molar-refractivity contribution is 5.79. The van der Waals surface area contributed by atoms with Crippen molar-refractivity contribution in [2.45, 2.75) is 19.9 Å². The van der Waals surface area contributed by atoms with Crippen LogP contribution in [0.4, 0.5) is 0 Å². The van der Waals surface area contributed by atoms with Crippen LogP contribution in [0.25, 0.3) is 0 Å². The van der Waals surface area contributed by atoms with Crippen molar-refractivity contribution in [2.75, 3.05) is 33.9 Å². The maximum Gasteiger partial charge on any atom is 0.191 e. The summed E-state index contributed by atoms with van der Waals surface area (Å²) in [5, 5.41) is 10.8. The maximum absolute atomic E-state index is 5.67. The first-order valence-electron chi connectivity index (χ1n) is 8.41. The van der Waals surface area contributed by atoms with Gasteiger partial charge in [0, 0.05) is 26.3 Å². The van der Waals surface area contributed by atoms with Crippen LogP contribution in [0.5, 0.6) is 11.5 Å². The summed E-state index contributed by atoms with van der Waals surface area (Å²) in [7, 11) is 3.41. The molecular formula is C18H27N5O2. The molecule has 1 aromatic carbocycles. The molecule has 136 valence electrons.